The molecule has 7 heteroatoms. The molecule has 0 spiro atoms. The van der Waals surface area contributed by atoms with E-state index in [2.05, 4.69) is 21.2 Å². The molecule has 1 aliphatic rings. The van der Waals surface area contributed by atoms with Gasteiger partial charge in [0.15, 0.2) is 0 Å². The van der Waals surface area contributed by atoms with E-state index in [4.69, 9.17) is 4.74 Å². The first kappa shape index (κ1) is 16.4. The SMILES string of the molecule is CC1(C)Oc2cc(Br)sc2[C@H](NC(=O)c2ccc(F)cc2)[C@H]1O. The lowest BCUT2D eigenvalue weighted by molar-refractivity contribution is -0.0612. The lowest BCUT2D eigenvalue weighted by atomic mass is 9.90. The van der Waals surface area contributed by atoms with Gasteiger partial charge in [-0.2, -0.15) is 0 Å². The summed E-state index contributed by atoms with van der Waals surface area (Å²) in [5.41, 5.74) is -0.506. The number of aliphatic hydroxyl groups excluding tert-OH is 1. The topological polar surface area (TPSA) is 58.6 Å². The molecule has 1 aromatic heterocycles. The fourth-order valence-electron chi connectivity index (χ4n) is 2.51. The number of benzene rings is 1. The molecule has 0 fully saturated rings. The van der Waals surface area contributed by atoms with Gasteiger partial charge in [-0.25, -0.2) is 4.39 Å². The number of carbonyl (C=O) groups is 1. The number of amides is 1. The molecule has 0 aliphatic carbocycles. The van der Waals surface area contributed by atoms with E-state index in [-0.39, 0.29) is 5.91 Å². The highest BCUT2D eigenvalue weighted by molar-refractivity contribution is 9.11. The Morgan fingerprint density at radius 3 is 2.70 bits per heavy atom. The third-order valence-electron chi connectivity index (χ3n) is 3.77. The number of thiophene rings is 1. The van der Waals surface area contributed by atoms with Crippen molar-refractivity contribution in [3.05, 3.63) is 50.4 Å². The van der Waals surface area contributed by atoms with Gasteiger partial charge in [0.25, 0.3) is 5.91 Å². The van der Waals surface area contributed by atoms with Crippen LogP contribution in [0, 0.1) is 5.82 Å². The van der Waals surface area contributed by atoms with Gasteiger partial charge >= 0.3 is 0 Å². The molecular weight excluding hydrogens is 385 g/mol. The number of hydrogen-bond acceptors (Lipinski definition) is 4. The van der Waals surface area contributed by atoms with Crippen LogP contribution in [0.15, 0.2) is 34.1 Å². The van der Waals surface area contributed by atoms with Crippen LogP contribution in [0.25, 0.3) is 0 Å². The molecule has 2 aromatic rings. The Balaban J connectivity index is 1.91. The lowest BCUT2D eigenvalue weighted by Gasteiger charge is -2.40. The summed E-state index contributed by atoms with van der Waals surface area (Å²) in [6, 6.07) is 6.51. The van der Waals surface area contributed by atoms with Gasteiger partial charge in [-0.3, -0.25) is 4.79 Å². The fourth-order valence-corrected chi connectivity index (χ4v) is 4.14. The largest absolute Gasteiger partial charge is 0.484 e. The number of hydrogen-bond donors (Lipinski definition) is 2. The van der Waals surface area contributed by atoms with E-state index in [0.717, 1.165) is 8.66 Å². The maximum absolute atomic E-state index is 13.0. The van der Waals surface area contributed by atoms with Crippen molar-refractivity contribution in [1.82, 2.24) is 5.32 Å². The van der Waals surface area contributed by atoms with E-state index >= 15 is 0 Å². The Hall–Kier alpha value is -1.44. The van der Waals surface area contributed by atoms with Crippen LogP contribution in [0.3, 0.4) is 0 Å². The molecule has 0 saturated carbocycles. The zero-order valence-electron chi connectivity index (χ0n) is 12.5. The number of fused-ring (bicyclic) bond motifs is 1. The van der Waals surface area contributed by atoms with Crippen molar-refractivity contribution in [3.8, 4) is 5.75 Å². The maximum Gasteiger partial charge on any atom is 0.251 e. The molecule has 122 valence electrons. The number of rotatable bonds is 2. The van der Waals surface area contributed by atoms with Gasteiger partial charge in [0, 0.05) is 11.6 Å². The summed E-state index contributed by atoms with van der Waals surface area (Å²) >= 11 is 4.80. The first-order chi connectivity index (χ1) is 10.8. The second-order valence-electron chi connectivity index (χ2n) is 5.89. The van der Waals surface area contributed by atoms with Crippen LogP contribution < -0.4 is 10.1 Å². The smallest absolute Gasteiger partial charge is 0.251 e. The molecule has 3 rings (SSSR count). The van der Waals surface area contributed by atoms with Gasteiger partial charge in [-0.15, -0.1) is 11.3 Å². The average molecular weight is 400 g/mol. The van der Waals surface area contributed by atoms with Crippen LogP contribution in [0.5, 0.6) is 5.75 Å². The molecule has 1 amide bonds. The van der Waals surface area contributed by atoms with Crippen LogP contribution in [-0.4, -0.2) is 22.7 Å². The van der Waals surface area contributed by atoms with Crippen molar-refractivity contribution in [3.63, 3.8) is 0 Å². The Morgan fingerprint density at radius 2 is 2.04 bits per heavy atom. The predicted molar refractivity (Wildman–Crippen MR) is 89.3 cm³/mol. The van der Waals surface area contributed by atoms with Gasteiger partial charge in [0.05, 0.1) is 14.7 Å². The highest BCUT2D eigenvalue weighted by atomic mass is 79.9. The lowest BCUT2D eigenvalue weighted by Crippen LogP contribution is -2.53. The van der Waals surface area contributed by atoms with Crippen molar-refractivity contribution in [2.24, 2.45) is 0 Å². The number of carbonyl (C=O) groups excluding carboxylic acids is 1. The normalized spacial score (nSPS) is 22.1. The summed E-state index contributed by atoms with van der Waals surface area (Å²) in [5, 5.41) is 13.4. The van der Waals surface area contributed by atoms with Gasteiger partial charge in [-0.05, 0) is 54.0 Å². The maximum atomic E-state index is 13.0. The molecule has 0 unspecified atom stereocenters. The summed E-state index contributed by atoms with van der Waals surface area (Å²) in [5.74, 6) is -0.137. The fraction of sp³-hybridized carbons (Fsp3) is 0.312. The second-order valence-corrected chi connectivity index (χ2v) is 8.35. The van der Waals surface area contributed by atoms with Crippen LogP contribution in [0.4, 0.5) is 4.39 Å². The summed E-state index contributed by atoms with van der Waals surface area (Å²) in [7, 11) is 0. The molecule has 2 heterocycles. The van der Waals surface area contributed by atoms with Gasteiger partial charge in [-0.1, -0.05) is 0 Å². The van der Waals surface area contributed by atoms with E-state index in [0.29, 0.717) is 11.3 Å². The highest BCUT2D eigenvalue weighted by Gasteiger charge is 2.44. The molecule has 0 radical (unpaired) electrons. The summed E-state index contributed by atoms with van der Waals surface area (Å²) < 4.78 is 19.7. The number of nitrogens with one attached hydrogen (secondary N) is 1. The highest BCUT2D eigenvalue weighted by Crippen LogP contribution is 2.46. The Bertz CT molecular complexity index is 744. The summed E-state index contributed by atoms with van der Waals surface area (Å²) in [6.07, 6.45) is -0.912. The number of halogens is 2. The Labute approximate surface area is 145 Å². The first-order valence-corrected chi connectivity index (χ1v) is 8.61. The minimum Gasteiger partial charge on any atom is -0.484 e. The Kier molecular flexibility index (Phi) is 4.20. The molecule has 0 saturated heterocycles. The average Bonchev–Trinajstić information content (AvgIpc) is 2.83. The molecule has 2 N–H and O–H groups in total. The van der Waals surface area contributed by atoms with Crippen LogP contribution in [0.2, 0.25) is 0 Å². The number of aliphatic hydroxyl groups is 1. The minimum absolute atomic E-state index is 0.333. The van der Waals surface area contributed by atoms with Crippen molar-refractivity contribution < 1.29 is 19.0 Å². The third-order valence-corrected chi connectivity index (χ3v) is 5.47. The quantitative estimate of drug-likeness (QED) is 0.809. The molecule has 23 heavy (non-hydrogen) atoms. The van der Waals surface area contributed by atoms with Crippen molar-refractivity contribution >= 4 is 33.2 Å². The standard InChI is InChI=1S/C16H15BrFNO3S/c1-16(2)14(20)12(13-10(22-16)7-11(17)23-13)19-15(21)8-3-5-9(18)6-4-8/h3-7,12,14,20H,1-2H3,(H,19,21)/t12-,14+/m0/s1. The van der Waals surface area contributed by atoms with Crippen LogP contribution in [0.1, 0.15) is 35.1 Å². The van der Waals surface area contributed by atoms with Crippen molar-refractivity contribution in [2.75, 3.05) is 0 Å². The molecule has 0 bridgehead atoms. The molecule has 1 aliphatic heterocycles. The zero-order chi connectivity index (χ0) is 16.8. The minimum atomic E-state index is -0.912. The predicted octanol–water partition coefficient (Wildman–Crippen LogP) is 3.65. The zero-order valence-corrected chi connectivity index (χ0v) is 14.9. The Morgan fingerprint density at radius 1 is 1.39 bits per heavy atom. The summed E-state index contributed by atoms with van der Waals surface area (Å²) in [4.78, 5) is 13.2. The van der Waals surface area contributed by atoms with E-state index < -0.39 is 23.6 Å². The van der Waals surface area contributed by atoms with Gasteiger partial charge in [0.1, 0.15) is 23.3 Å². The number of ether oxygens (including phenoxy) is 1. The van der Waals surface area contributed by atoms with Crippen molar-refractivity contribution in [2.45, 2.75) is 31.6 Å². The van der Waals surface area contributed by atoms with Gasteiger partial charge < -0.3 is 15.2 Å². The van der Waals surface area contributed by atoms with Gasteiger partial charge in [0.2, 0.25) is 0 Å². The third kappa shape index (κ3) is 3.13. The molecule has 4 nitrogen and oxygen atoms in total. The van der Waals surface area contributed by atoms with Crippen LogP contribution in [-0.2, 0) is 0 Å². The summed E-state index contributed by atoms with van der Waals surface area (Å²) in [6.45, 7) is 3.53. The van der Waals surface area contributed by atoms with E-state index in [1.165, 1.54) is 35.6 Å². The molecule has 2 atom stereocenters. The van der Waals surface area contributed by atoms with E-state index in [1.807, 2.05) is 6.07 Å². The monoisotopic (exact) mass is 399 g/mol. The van der Waals surface area contributed by atoms with E-state index in [1.54, 1.807) is 13.8 Å². The van der Waals surface area contributed by atoms with Crippen LogP contribution >= 0.6 is 27.3 Å². The molecular formula is C16H15BrFNO3S. The molecule has 1 aromatic carbocycles. The van der Waals surface area contributed by atoms with E-state index in [9.17, 15) is 14.3 Å². The first-order valence-electron chi connectivity index (χ1n) is 7.00. The second kappa shape index (κ2) is 5.89. The van der Waals surface area contributed by atoms with Crippen molar-refractivity contribution in [1.29, 1.82) is 0 Å².